The minimum atomic E-state index is -0.302. The van der Waals surface area contributed by atoms with E-state index in [1.807, 2.05) is 12.1 Å². The summed E-state index contributed by atoms with van der Waals surface area (Å²) < 4.78 is 19.9. The Hall–Kier alpha value is -3.39. The zero-order valence-electron chi connectivity index (χ0n) is 19.1. The molecule has 0 bridgehead atoms. The number of aromatic amines is 1. The predicted octanol–water partition coefficient (Wildman–Crippen LogP) is 3.98. The first kappa shape index (κ1) is 21.5. The van der Waals surface area contributed by atoms with Gasteiger partial charge in [0.2, 0.25) is 0 Å². The molecule has 1 amide bonds. The zero-order valence-corrected chi connectivity index (χ0v) is 19.1. The second-order valence-electron chi connectivity index (χ2n) is 9.00. The average molecular weight is 450 g/mol. The molecule has 0 atom stereocenters. The fourth-order valence-corrected chi connectivity index (χ4v) is 4.98. The number of nitrogens with zero attached hydrogens (tertiary/aromatic N) is 2. The Morgan fingerprint density at radius 1 is 1.24 bits per heavy atom. The van der Waals surface area contributed by atoms with E-state index < -0.39 is 0 Å². The number of amides is 1. The summed E-state index contributed by atoms with van der Waals surface area (Å²) in [7, 11) is 3.72. The summed E-state index contributed by atoms with van der Waals surface area (Å²) in [4.78, 5) is 23.3. The third-order valence-electron chi connectivity index (χ3n) is 7.09. The topological polar surface area (TPSA) is 82.3 Å². The standard InChI is InChI=1S/C25H28FN5O2/c1-15-17(26)5-4-6-18(15)29-22-20-23(30-21(22)16-7-10-27-13-19(16)33-3)25(14-28-24(20)32)8-11-31(2)12-9-25/h4-7,10,13,29-30H,8-9,11-12,14H2,1-3H3,(H,28,32). The highest BCUT2D eigenvalue weighted by Gasteiger charge is 2.45. The van der Waals surface area contributed by atoms with Crippen molar-refractivity contribution in [2.75, 3.05) is 39.1 Å². The van der Waals surface area contributed by atoms with E-state index in [1.54, 1.807) is 32.5 Å². The highest BCUT2D eigenvalue weighted by Crippen LogP contribution is 2.47. The number of pyridine rings is 1. The van der Waals surface area contributed by atoms with Crippen LogP contribution in [0, 0.1) is 12.7 Å². The van der Waals surface area contributed by atoms with Crippen molar-refractivity contribution in [1.82, 2.24) is 20.2 Å². The van der Waals surface area contributed by atoms with Crippen molar-refractivity contribution < 1.29 is 13.9 Å². The van der Waals surface area contributed by atoms with Gasteiger partial charge in [0.25, 0.3) is 5.91 Å². The number of H-pyrrole nitrogens is 1. The Bertz CT molecular complexity index is 1210. The van der Waals surface area contributed by atoms with Gasteiger partial charge in [-0.15, -0.1) is 0 Å². The van der Waals surface area contributed by atoms with E-state index in [9.17, 15) is 9.18 Å². The number of halogens is 1. The SMILES string of the molecule is COc1cnccc1-c1[nH]c2c(c1Nc1cccc(F)c1C)C(=O)NCC21CCN(C)CC1. The van der Waals surface area contributed by atoms with Crippen LogP contribution in [0.4, 0.5) is 15.8 Å². The molecule has 1 aromatic carbocycles. The molecule has 172 valence electrons. The van der Waals surface area contributed by atoms with Crippen LogP contribution >= 0.6 is 0 Å². The number of ether oxygens (including phenoxy) is 1. The van der Waals surface area contributed by atoms with Crippen molar-refractivity contribution in [2.24, 2.45) is 0 Å². The minimum absolute atomic E-state index is 0.137. The molecular weight excluding hydrogens is 421 g/mol. The van der Waals surface area contributed by atoms with Crippen LogP contribution in [0.15, 0.2) is 36.7 Å². The lowest BCUT2D eigenvalue weighted by molar-refractivity contribution is 0.0895. The third-order valence-corrected chi connectivity index (χ3v) is 7.09. The van der Waals surface area contributed by atoms with Crippen LogP contribution in [-0.2, 0) is 5.41 Å². The molecule has 0 unspecified atom stereocenters. The lowest BCUT2D eigenvalue weighted by atomic mass is 9.72. The molecular formula is C25H28FN5O2. The summed E-state index contributed by atoms with van der Waals surface area (Å²) >= 11 is 0. The molecule has 33 heavy (non-hydrogen) atoms. The van der Waals surface area contributed by atoms with Gasteiger partial charge in [-0.05, 0) is 58.1 Å². The molecule has 0 aliphatic carbocycles. The first-order chi connectivity index (χ1) is 15.9. The highest BCUT2D eigenvalue weighted by atomic mass is 19.1. The van der Waals surface area contributed by atoms with Crippen LogP contribution in [0.1, 0.15) is 34.5 Å². The molecule has 5 rings (SSSR count). The largest absolute Gasteiger partial charge is 0.494 e. The number of hydrogen-bond acceptors (Lipinski definition) is 5. The fraction of sp³-hybridized carbons (Fsp3) is 0.360. The number of anilines is 2. The van der Waals surface area contributed by atoms with Gasteiger partial charge in [0.05, 0.1) is 30.3 Å². The average Bonchev–Trinajstić information content (AvgIpc) is 3.22. The zero-order chi connectivity index (χ0) is 23.2. The van der Waals surface area contributed by atoms with Crippen molar-refractivity contribution in [2.45, 2.75) is 25.2 Å². The van der Waals surface area contributed by atoms with Crippen molar-refractivity contribution in [3.05, 3.63) is 59.3 Å². The maximum Gasteiger partial charge on any atom is 0.255 e. The van der Waals surface area contributed by atoms with Gasteiger partial charge in [0, 0.05) is 40.7 Å². The molecule has 2 aliphatic heterocycles. The molecule has 3 aromatic rings. The van der Waals surface area contributed by atoms with Crippen molar-refractivity contribution >= 4 is 17.3 Å². The number of carbonyl (C=O) groups is 1. The van der Waals surface area contributed by atoms with E-state index in [-0.39, 0.29) is 17.1 Å². The molecule has 1 saturated heterocycles. The number of benzene rings is 1. The van der Waals surface area contributed by atoms with Crippen molar-refractivity contribution in [3.8, 4) is 17.0 Å². The van der Waals surface area contributed by atoms with Gasteiger partial charge in [-0.25, -0.2) is 4.39 Å². The first-order valence-electron chi connectivity index (χ1n) is 11.2. The number of aromatic nitrogens is 2. The Morgan fingerprint density at radius 3 is 2.79 bits per heavy atom. The Kier molecular flexibility index (Phi) is 5.32. The molecule has 2 aromatic heterocycles. The summed E-state index contributed by atoms with van der Waals surface area (Å²) in [6.45, 7) is 4.22. The lowest BCUT2D eigenvalue weighted by Crippen LogP contribution is -2.52. The monoisotopic (exact) mass is 449 g/mol. The lowest BCUT2D eigenvalue weighted by Gasteiger charge is -2.43. The van der Waals surface area contributed by atoms with Crippen LogP contribution < -0.4 is 15.4 Å². The number of carbonyl (C=O) groups excluding carboxylic acids is 1. The number of piperidine rings is 1. The van der Waals surface area contributed by atoms with Gasteiger partial charge in [-0.3, -0.25) is 9.78 Å². The fourth-order valence-electron chi connectivity index (χ4n) is 4.98. The number of likely N-dealkylation sites (tertiary alicyclic amines) is 1. The highest BCUT2D eigenvalue weighted by molar-refractivity contribution is 6.07. The molecule has 0 saturated carbocycles. The van der Waals surface area contributed by atoms with E-state index in [0.29, 0.717) is 34.8 Å². The second kappa shape index (κ2) is 8.19. The van der Waals surface area contributed by atoms with Gasteiger partial charge in [0.1, 0.15) is 11.6 Å². The summed E-state index contributed by atoms with van der Waals surface area (Å²) in [5.41, 5.74) is 4.59. The summed E-state index contributed by atoms with van der Waals surface area (Å²) in [6, 6.07) is 6.77. The molecule has 0 radical (unpaired) electrons. The van der Waals surface area contributed by atoms with Crippen LogP contribution in [0.2, 0.25) is 0 Å². The van der Waals surface area contributed by atoms with Crippen LogP contribution in [0.3, 0.4) is 0 Å². The van der Waals surface area contributed by atoms with E-state index in [2.05, 4.69) is 32.5 Å². The molecule has 4 heterocycles. The number of hydrogen-bond donors (Lipinski definition) is 3. The predicted molar refractivity (Wildman–Crippen MR) is 126 cm³/mol. The third kappa shape index (κ3) is 3.54. The summed E-state index contributed by atoms with van der Waals surface area (Å²) in [6.07, 6.45) is 5.21. The smallest absolute Gasteiger partial charge is 0.255 e. The number of nitrogens with one attached hydrogen (secondary N) is 3. The normalized spacial score (nSPS) is 17.5. The van der Waals surface area contributed by atoms with E-state index in [4.69, 9.17) is 4.74 Å². The van der Waals surface area contributed by atoms with Gasteiger partial charge >= 0.3 is 0 Å². The number of methoxy groups -OCH3 is 1. The number of rotatable bonds is 4. The van der Waals surface area contributed by atoms with E-state index in [1.165, 1.54) is 6.07 Å². The quantitative estimate of drug-likeness (QED) is 0.561. The minimum Gasteiger partial charge on any atom is -0.494 e. The summed E-state index contributed by atoms with van der Waals surface area (Å²) in [5, 5.41) is 6.51. The van der Waals surface area contributed by atoms with Crippen molar-refractivity contribution in [1.29, 1.82) is 0 Å². The number of fused-ring (bicyclic) bond motifs is 2. The first-order valence-corrected chi connectivity index (χ1v) is 11.2. The molecule has 1 spiro atoms. The molecule has 2 aliphatic rings. The van der Waals surface area contributed by atoms with Crippen LogP contribution in [-0.4, -0.2) is 54.6 Å². The maximum atomic E-state index is 14.3. The Labute approximate surface area is 192 Å². The molecule has 7 nitrogen and oxygen atoms in total. The van der Waals surface area contributed by atoms with Gasteiger partial charge in [-0.1, -0.05) is 6.07 Å². The molecule has 8 heteroatoms. The Morgan fingerprint density at radius 2 is 2.03 bits per heavy atom. The van der Waals surface area contributed by atoms with Gasteiger partial charge < -0.3 is 25.3 Å². The summed E-state index contributed by atoms with van der Waals surface area (Å²) in [5.74, 6) is 0.151. The van der Waals surface area contributed by atoms with Gasteiger partial charge in [-0.2, -0.15) is 0 Å². The second-order valence-corrected chi connectivity index (χ2v) is 9.00. The maximum absolute atomic E-state index is 14.3. The van der Waals surface area contributed by atoms with E-state index in [0.717, 1.165) is 42.9 Å². The molecule has 1 fully saturated rings. The molecule has 3 N–H and O–H groups in total. The van der Waals surface area contributed by atoms with Crippen molar-refractivity contribution in [3.63, 3.8) is 0 Å². The van der Waals surface area contributed by atoms with Gasteiger partial charge in [0.15, 0.2) is 0 Å². The van der Waals surface area contributed by atoms with E-state index >= 15 is 0 Å². The van der Waals surface area contributed by atoms with Crippen LogP contribution in [0.25, 0.3) is 11.3 Å². The Balaban J connectivity index is 1.73. The van der Waals surface area contributed by atoms with Crippen LogP contribution in [0.5, 0.6) is 5.75 Å².